The van der Waals surface area contributed by atoms with Crippen LogP contribution in [0.1, 0.15) is 25.3 Å². The van der Waals surface area contributed by atoms with Gasteiger partial charge in [-0.05, 0) is 48.2 Å². The summed E-state index contributed by atoms with van der Waals surface area (Å²) in [6.07, 6.45) is 3.39. The molecule has 0 fully saturated rings. The number of carbonyl (C=O) groups is 1. The number of hydrogen-bond donors (Lipinski definition) is 2. The van der Waals surface area contributed by atoms with Crippen molar-refractivity contribution in [1.29, 1.82) is 0 Å². The number of para-hydroxylation sites is 1. The number of pyridine rings is 1. The van der Waals surface area contributed by atoms with E-state index in [1.807, 2.05) is 24.3 Å². The SMILES string of the molecule is CCCCOc1ccc(OCC(=O)NN=Cc2cc3ccccc3[nH]c2=O)cc1. The standard InChI is InChI=1S/C22H23N3O4/c1-2-3-12-28-18-8-10-19(11-9-18)29-15-21(26)25-23-14-17-13-16-6-4-5-7-20(16)24-22(17)27/h4-11,13-14H,2-3,12,15H2,1H3,(H,24,27)(H,25,26). The molecule has 3 rings (SSSR count). The highest BCUT2D eigenvalue weighted by molar-refractivity contribution is 5.88. The van der Waals surface area contributed by atoms with E-state index in [1.165, 1.54) is 6.21 Å². The number of hydrazone groups is 1. The fourth-order valence-electron chi connectivity index (χ4n) is 2.58. The first-order valence-electron chi connectivity index (χ1n) is 9.45. The lowest BCUT2D eigenvalue weighted by atomic mass is 10.2. The van der Waals surface area contributed by atoms with Gasteiger partial charge in [-0.1, -0.05) is 31.5 Å². The van der Waals surface area contributed by atoms with Gasteiger partial charge in [0.2, 0.25) is 0 Å². The molecule has 7 nitrogen and oxygen atoms in total. The molecule has 1 aromatic heterocycles. The van der Waals surface area contributed by atoms with Gasteiger partial charge in [-0.2, -0.15) is 5.10 Å². The molecular weight excluding hydrogens is 370 g/mol. The molecule has 0 radical (unpaired) electrons. The highest BCUT2D eigenvalue weighted by Gasteiger charge is 2.03. The average Bonchev–Trinajstić information content (AvgIpc) is 2.74. The summed E-state index contributed by atoms with van der Waals surface area (Å²) in [4.78, 5) is 26.7. The zero-order valence-electron chi connectivity index (χ0n) is 16.2. The molecule has 7 heteroatoms. The number of hydrogen-bond acceptors (Lipinski definition) is 5. The molecule has 0 aliphatic carbocycles. The normalized spacial score (nSPS) is 10.9. The Balaban J connectivity index is 1.48. The minimum atomic E-state index is -0.429. The van der Waals surface area contributed by atoms with Crippen LogP contribution in [0, 0.1) is 0 Å². The van der Waals surface area contributed by atoms with Gasteiger partial charge >= 0.3 is 0 Å². The zero-order chi connectivity index (χ0) is 20.5. The van der Waals surface area contributed by atoms with Crippen LogP contribution in [-0.4, -0.2) is 30.3 Å². The number of carbonyl (C=O) groups excluding carboxylic acids is 1. The minimum Gasteiger partial charge on any atom is -0.494 e. The topological polar surface area (TPSA) is 92.8 Å². The summed E-state index contributed by atoms with van der Waals surface area (Å²) in [6, 6.07) is 16.2. The third-order valence-corrected chi connectivity index (χ3v) is 4.14. The van der Waals surface area contributed by atoms with E-state index in [9.17, 15) is 9.59 Å². The van der Waals surface area contributed by atoms with Gasteiger partial charge < -0.3 is 14.5 Å². The third kappa shape index (κ3) is 5.93. The molecule has 1 heterocycles. The molecule has 1 amide bonds. The molecule has 0 spiro atoms. The second-order valence-corrected chi connectivity index (χ2v) is 6.40. The molecule has 0 saturated carbocycles. The first-order valence-corrected chi connectivity index (χ1v) is 9.45. The van der Waals surface area contributed by atoms with E-state index in [4.69, 9.17) is 9.47 Å². The van der Waals surface area contributed by atoms with Gasteiger partial charge in [0.1, 0.15) is 11.5 Å². The summed E-state index contributed by atoms with van der Waals surface area (Å²) in [7, 11) is 0. The minimum absolute atomic E-state index is 0.193. The van der Waals surface area contributed by atoms with E-state index in [0.29, 0.717) is 17.9 Å². The largest absolute Gasteiger partial charge is 0.494 e. The molecule has 150 valence electrons. The average molecular weight is 393 g/mol. The van der Waals surface area contributed by atoms with Crippen LogP contribution in [0.4, 0.5) is 0 Å². The third-order valence-electron chi connectivity index (χ3n) is 4.14. The van der Waals surface area contributed by atoms with E-state index >= 15 is 0 Å². The van der Waals surface area contributed by atoms with E-state index in [0.717, 1.165) is 29.5 Å². The molecule has 0 unspecified atom stereocenters. The zero-order valence-corrected chi connectivity index (χ0v) is 16.2. The number of fused-ring (bicyclic) bond motifs is 1. The van der Waals surface area contributed by atoms with Crippen molar-refractivity contribution in [3.63, 3.8) is 0 Å². The van der Waals surface area contributed by atoms with Crippen molar-refractivity contribution in [2.75, 3.05) is 13.2 Å². The monoisotopic (exact) mass is 393 g/mol. The van der Waals surface area contributed by atoms with Crippen LogP contribution >= 0.6 is 0 Å². The summed E-state index contributed by atoms with van der Waals surface area (Å²) in [6.45, 7) is 2.59. The summed E-state index contributed by atoms with van der Waals surface area (Å²) in [5.74, 6) is 0.889. The van der Waals surface area contributed by atoms with E-state index in [-0.39, 0.29) is 12.2 Å². The Morgan fingerprint density at radius 3 is 2.59 bits per heavy atom. The molecule has 0 aliphatic heterocycles. The maximum absolute atomic E-state index is 12.0. The Labute approximate surface area is 168 Å². The summed E-state index contributed by atoms with van der Waals surface area (Å²) >= 11 is 0. The van der Waals surface area contributed by atoms with Gasteiger partial charge in [0.05, 0.1) is 18.4 Å². The van der Waals surface area contributed by atoms with Crippen LogP contribution in [0.2, 0.25) is 0 Å². The number of unbranched alkanes of at least 4 members (excludes halogenated alkanes) is 1. The molecule has 2 N–H and O–H groups in total. The number of aromatic amines is 1. The van der Waals surface area contributed by atoms with Gasteiger partial charge in [-0.3, -0.25) is 9.59 Å². The van der Waals surface area contributed by atoms with Crippen molar-refractivity contribution < 1.29 is 14.3 Å². The Bertz CT molecular complexity index is 1040. The predicted molar refractivity (Wildman–Crippen MR) is 113 cm³/mol. The summed E-state index contributed by atoms with van der Waals surface area (Å²) in [5, 5.41) is 4.71. The van der Waals surface area contributed by atoms with Crippen LogP contribution in [0.25, 0.3) is 10.9 Å². The second-order valence-electron chi connectivity index (χ2n) is 6.40. The first-order chi connectivity index (χ1) is 14.2. The highest BCUT2D eigenvalue weighted by atomic mass is 16.5. The fraction of sp³-hybridized carbons (Fsp3) is 0.227. The number of nitrogens with one attached hydrogen (secondary N) is 2. The Kier molecular flexibility index (Phi) is 7.00. The molecular formula is C22H23N3O4. The summed E-state index contributed by atoms with van der Waals surface area (Å²) in [5.41, 5.74) is 3.17. The Morgan fingerprint density at radius 2 is 1.83 bits per heavy atom. The Morgan fingerprint density at radius 1 is 1.10 bits per heavy atom. The van der Waals surface area contributed by atoms with Crippen molar-refractivity contribution in [2.24, 2.45) is 5.10 Å². The van der Waals surface area contributed by atoms with E-state index < -0.39 is 5.91 Å². The van der Waals surface area contributed by atoms with E-state index in [1.54, 1.807) is 30.3 Å². The van der Waals surface area contributed by atoms with Gasteiger partial charge in [0.15, 0.2) is 6.61 Å². The van der Waals surface area contributed by atoms with Crippen LogP contribution in [-0.2, 0) is 4.79 Å². The van der Waals surface area contributed by atoms with Crippen molar-refractivity contribution >= 4 is 23.0 Å². The van der Waals surface area contributed by atoms with Crippen molar-refractivity contribution in [2.45, 2.75) is 19.8 Å². The molecule has 0 atom stereocenters. The van der Waals surface area contributed by atoms with Crippen molar-refractivity contribution in [3.05, 3.63) is 70.5 Å². The van der Waals surface area contributed by atoms with Gasteiger partial charge in [0, 0.05) is 5.52 Å². The van der Waals surface area contributed by atoms with Crippen LogP contribution in [0.3, 0.4) is 0 Å². The fourth-order valence-corrected chi connectivity index (χ4v) is 2.58. The van der Waals surface area contributed by atoms with Gasteiger partial charge in [-0.15, -0.1) is 0 Å². The second kappa shape index (κ2) is 10.1. The smallest absolute Gasteiger partial charge is 0.277 e. The first kappa shape index (κ1) is 20.1. The predicted octanol–water partition coefficient (Wildman–Crippen LogP) is 3.24. The van der Waals surface area contributed by atoms with Crippen LogP contribution in [0.15, 0.2) is 64.5 Å². The lowest BCUT2D eigenvalue weighted by Crippen LogP contribution is -2.25. The lowest BCUT2D eigenvalue weighted by Gasteiger charge is -2.07. The van der Waals surface area contributed by atoms with Crippen molar-refractivity contribution in [3.8, 4) is 11.5 Å². The molecule has 2 aromatic carbocycles. The molecule has 29 heavy (non-hydrogen) atoms. The number of nitrogens with zero attached hydrogens (tertiary/aromatic N) is 1. The summed E-state index contributed by atoms with van der Waals surface area (Å²) < 4.78 is 11.0. The maximum Gasteiger partial charge on any atom is 0.277 e. The number of ether oxygens (including phenoxy) is 2. The van der Waals surface area contributed by atoms with Gasteiger partial charge in [-0.25, -0.2) is 5.43 Å². The number of benzene rings is 2. The quantitative estimate of drug-likeness (QED) is 0.332. The number of H-pyrrole nitrogens is 1. The highest BCUT2D eigenvalue weighted by Crippen LogP contribution is 2.17. The molecule has 0 bridgehead atoms. The number of amides is 1. The number of rotatable bonds is 9. The van der Waals surface area contributed by atoms with E-state index in [2.05, 4.69) is 22.4 Å². The van der Waals surface area contributed by atoms with Gasteiger partial charge in [0.25, 0.3) is 11.5 Å². The lowest BCUT2D eigenvalue weighted by molar-refractivity contribution is -0.123. The maximum atomic E-state index is 12.0. The number of aromatic nitrogens is 1. The van der Waals surface area contributed by atoms with Crippen LogP contribution in [0.5, 0.6) is 11.5 Å². The molecule has 3 aromatic rings. The van der Waals surface area contributed by atoms with Crippen LogP contribution < -0.4 is 20.5 Å². The molecule has 0 saturated heterocycles. The Hall–Kier alpha value is -3.61. The van der Waals surface area contributed by atoms with Crippen molar-refractivity contribution in [1.82, 2.24) is 10.4 Å². The molecule has 0 aliphatic rings.